The standard InChI is InChI=1S/C20H30F2N2O3/c1-19(2,3)27-18(25)23(4)11-9-16-5-7-17(8-6-16)26-14-13-24-12-10-20(21,22)15-24/h5-8H,9-15H2,1-4H3. The Kier molecular flexibility index (Phi) is 7.03. The Labute approximate surface area is 160 Å². The summed E-state index contributed by atoms with van der Waals surface area (Å²) >= 11 is 0. The molecule has 1 aliphatic rings. The van der Waals surface area contributed by atoms with Crippen LogP contribution in [0.25, 0.3) is 0 Å². The van der Waals surface area contributed by atoms with Crippen molar-refractivity contribution >= 4 is 6.09 Å². The van der Waals surface area contributed by atoms with Gasteiger partial charge in [-0.1, -0.05) is 12.1 Å². The molecule has 0 aliphatic carbocycles. The summed E-state index contributed by atoms with van der Waals surface area (Å²) in [5.74, 6) is -1.85. The van der Waals surface area contributed by atoms with Gasteiger partial charge in [-0.2, -0.15) is 0 Å². The van der Waals surface area contributed by atoms with E-state index in [2.05, 4.69) is 0 Å². The maximum atomic E-state index is 13.1. The lowest BCUT2D eigenvalue weighted by atomic mass is 10.1. The van der Waals surface area contributed by atoms with E-state index in [0.29, 0.717) is 38.4 Å². The van der Waals surface area contributed by atoms with E-state index < -0.39 is 11.5 Å². The number of likely N-dealkylation sites (tertiary alicyclic amines) is 1. The summed E-state index contributed by atoms with van der Waals surface area (Å²) in [6.45, 7) is 7.19. The fraction of sp³-hybridized carbons (Fsp3) is 0.650. The van der Waals surface area contributed by atoms with Crippen LogP contribution in [0.4, 0.5) is 13.6 Å². The van der Waals surface area contributed by atoms with Crippen molar-refractivity contribution in [2.45, 2.75) is 45.1 Å². The molecule has 7 heteroatoms. The van der Waals surface area contributed by atoms with Gasteiger partial charge in [0.25, 0.3) is 5.92 Å². The average molecular weight is 384 g/mol. The van der Waals surface area contributed by atoms with Crippen molar-refractivity contribution < 1.29 is 23.0 Å². The molecular weight excluding hydrogens is 354 g/mol. The quantitative estimate of drug-likeness (QED) is 0.717. The fourth-order valence-electron chi connectivity index (χ4n) is 2.77. The van der Waals surface area contributed by atoms with E-state index in [-0.39, 0.29) is 19.1 Å². The molecule has 1 aliphatic heterocycles. The number of hydrogen-bond acceptors (Lipinski definition) is 4. The van der Waals surface area contributed by atoms with Crippen LogP contribution in [0, 0.1) is 0 Å². The largest absolute Gasteiger partial charge is 0.492 e. The third-order valence-electron chi connectivity index (χ3n) is 4.29. The summed E-state index contributed by atoms with van der Waals surface area (Å²) in [4.78, 5) is 15.2. The molecule has 152 valence electrons. The Morgan fingerprint density at radius 1 is 1.26 bits per heavy atom. The highest BCUT2D eigenvalue weighted by atomic mass is 19.3. The first-order valence-corrected chi connectivity index (χ1v) is 9.30. The molecule has 0 aromatic heterocycles. The second-order valence-electron chi connectivity index (χ2n) is 8.03. The lowest BCUT2D eigenvalue weighted by molar-refractivity contribution is 0.0112. The average Bonchev–Trinajstić information content (AvgIpc) is 2.91. The van der Waals surface area contributed by atoms with Crippen LogP contribution in [0.2, 0.25) is 0 Å². The molecule has 0 atom stereocenters. The van der Waals surface area contributed by atoms with Crippen LogP contribution in [0.1, 0.15) is 32.8 Å². The molecule has 1 amide bonds. The van der Waals surface area contributed by atoms with E-state index in [4.69, 9.17) is 9.47 Å². The van der Waals surface area contributed by atoms with Gasteiger partial charge < -0.3 is 14.4 Å². The number of likely N-dealkylation sites (N-methyl/N-ethyl adjacent to an activating group) is 1. The molecule has 5 nitrogen and oxygen atoms in total. The van der Waals surface area contributed by atoms with Gasteiger partial charge in [-0.25, -0.2) is 13.6 Å². The predicted molar refractivity (Wildman–Crippen MR) is 101 cm³/mol. The van der Waals surface area contributed by atoms with Crippen LogP contribution in [-0.2, 0) is 11.2 Å². The summed E-state index contributed by atoms with van der Waals surface area (Å²) in [6.07, 6.45) is 0.299. The molecule has 27 heavy (non-hydrogen) atoms. The van der Waals surface area contributed by atoms with E-state index in [9.17, 15) is 13.6 Å². The van der Waals surface area contributed by atoms with Crippen LogP contribution >= 0.6 is 0 Å². The number of ether oxygens (including phenoxy) is 2. The first kappa shape index (κ1) is 21.4. The van der Waals surface area contributed by atoms with Crippen LogP contribution in [-0.4, -0.2) is 67.3 Å². The van der Waals surface area contributed by atoms with Gasteiger partial charge in [0, 0.05) is 33.1 Å². The van der Waals surface area contributed by atoms with E-state index in [1.807, 2.05) is 45.0 Å². The molecule has 0 radical (unpaired) electrons. The van der Waals surface area contributed by atoms with Crippen LogP contribution in [0.3, 0.4) is 0 Å². The SMILES string of the molecule is CN(CCc1ccc(OCCN2CCC(F)(F)C2)cc1)C(=O)OC(C)(C)C. The molecule has 1 aromatic carbocycles. The van der Waals surface area contributed by atoms with E-state index in [1.165, 1.54) is 0 Å². The molecule has 0 spiro atoms. The third kappa shape index (κ3) is 7.71. The second-order valence-corrected chi connectivity index (χ2v) is 8.03. The Morgan fingerprint density at radius 2 is 1.93 bits per heavy atom. The summed E-state index contributed by atoms with van der Waals surface area (Å²) < 4.78 is 37.2. The van der Waals surface area contributed by atoms with Crippen molar-refractivity contribution in [1.82, 2.24) is 9.80 Å². The summed E-state index contributed by atoms with van der Waals surface area (Å²) in [5.41, 5.74) is 0.576. The molecule has 1 saturated heterocycles. The highest BCUT2D eigenvalue weighted by molar-refractivity contribution is 5.67. The first-order chi connectivity index (χ1) is 12.5. The summed E-state index contributed by atoms with van der Waals surface area (Å²) in [6, 6.07) is 7.62. The van der Waals surface area contributed by atoms with E-state index >= 15 is 0 Å². The van der Waals surface area contributed by atoms with E-state index in [1.54, 1.807) is 16.8 Å². The van der Waals surface area contributed by atoms with Crippen molar-refractivity contribution in [2.24, 2.45) is 0 Å². The van der Waals surface area contributed by atoms with Gasteiger partial charge in [-0.15, -0.1) is 0 Å². The smallest absolute Gasteiger partial charge is 0.410 e. The second kappa shape index (κ2) is 8.87. The number of benzene rings is 1. The molecule has 1 fully saturated rings. The zero-order chi connectivity index (χ0) is 20.1. The number of nitrogens with zero attached hydrogens (tertiary/aromatic N) is 2. The van der Waals surface area contributed by atoms with Crippen molar-refractivity contribution in [3.8, 4) is 5.75 Å². The number of halogens is 2. The van der Waals surface area contributed by atoms with Gasteiger partial charge >= 0.3 is 6.09 Å². The molecule has 0 bridgehead atoms. The zero-order valence-corrected chi connectivity index (χ0v) is 16.6. The van der Waals surface area contributed by atoms with Crippen molar-refractivity contribution in [3.63, 3.8) is 0 Å². The van der Waals surface area contributed by atoms with Gasteiger partial charge in [0.05, 0.1) is 6.54 Å². The third-order valence-corrected chi connectivity index (χ3v) is 4.29. The minimum absolute atomic E-state index is 0.0700. The van der Waals surface area contributed by atoms with Crippen LogP contribution in [0.15, 0.2) is 24.3 Å². The molecule has 0 unspecified atom stereocenters. The maximum Gasteiger partial charge on any atom is 0.410 e. The molecule has 0 saturated carbocycles. The fourth-order valence-corrected chi connectivity index (χ4v) is 2.77. The van der Waals surface area contributed by atoms with Gasteiger partial charge in [0.15, 0.2) is 0 Å². The van der Waals surface area contributed by atoms with Gasteiger partial charge in [-0.05, 0) is 44.9 Å². The lowest BCUT2D eigenvalue weighted by Gasteiger charge is -2.24. The number of carbonyl (C=O) groups is 1. The molecule has 1 aromatic rings. The van der Waals surface area contributed by atoms with Gasteiger partial charge in [0.1, 0.15) is 18.0 Å². The van der Waals surface area contributed by atoms with Crippen molar-refractivity contribution in [1.29, 1.82) is 0 Å². The van der Waals surface area contributed by atoms with E-state index in [0.717, 1.165) is 5.56 Å². The minimum Gasteiger partial charge on any atom is -0.492 e. The lowest BCUT2D eigenvalue weighted by Crippen LogP contribution is -2.35. The summed E-state index contributed by atoms with van der Waals surface area (Å²) in [7, 11) is 1.72. The first-order valence-electron chi connectivity index (χ1n) is 9.30. The number of hydrogen-bond donors (Lipinski definition) is 0. The summed E-state index contributed by atoms with van der Waals surface area (Å²) in [5, 5.41) is 0. The zero-order valence-electron chi connectivity index (χ0n) is 16.6. The highest BCUT2D eigenvalue weighted by Crippen LogP contribution is 2.26. The molecule has 2 rings (SSSR count). The number of carbonyl (C=O) groups excluding carboxylic acids is 1. The Balaban J connectivity index is 1.69. The van der Waals surface area contributed by atoms with Gasteiger partial charge in [-0.3, -0.25) is 4.90 Å². The Morgan fingerprint density at radius 3 is 2.48 bits per heavy atom. The van der Waals surface area contributed by atoms with Crippen LogP contribution < -0.4 is 4.74 Å². The van der Waals surface area contributed by atoms with Crippen molar-refractivity contribution in [2.75, 3.05) is 39.8 Å². The Bertz CT molecular complexity index is 615. The number of alkyl halides is 2. The minimum atomic E-state index is -2.56. The molecule has 0 N–H and O–H groups in total. The van der Waals surface area contributed by atoms with Gasteiger partial charge in [0.2, 0.25) is 0 Å². The molecule has 1 heterocycles. The normalized spacial score (nSPS) is 17.0. The highest BCUT2D eigenvalue weighted by Gasteiger charge is 2.37. The van der Waals surface area contributed by atoms with Crippen LogP contribution in [0.5, 0.6) is 5.75 Å². The maximum absolute atomic E-state index is 13.1. The molecular formula is C20H30F2N2O3. The monoisotopic (exact) mass is 384 g/mol. The Hall–Kier alpha value is -1.89. The number of rotatable bonds is 7. The number of amides is 1. The topological polar surface area (TPSA) is 42.0 Å². The van der Waals surface area contributed by atoms with Crippen molar-refractivity contribution in [3.05, 3.63) is 29.8 Å². The predicted octanol–water partition coefficient (Wildman–Crippen LogP) is 3.82.